The molecule has 30 heavy (non-hydrogen) atoms. The second-order valence-electron chi connectivity index (χ2n) is 8.75. The lowest BCUT2D eigenvalue weighted by Crippen LogP contribution is -2.31. The molecule has 2 aliphatic heterocycles. The van der Waals surface area contributed by atoms with Gasteiger partial charge in [-0.3, -0.25) is 0 Å². The number of halogens is 1. The van der Waals surface area contributed by atoms with Crippen LogP contribution in [0.5, 0.6) is 5.75 Å². The lowest BCUT2D eigenvalue weighted by atomic mass is 9.91. The van der Waals surface area contributed by atoms with E-state index >= 15 is 0 Å². The lowest BCUT2D eigenvalue weighted by Gasteiger charge is -2.36. The second kappa shape index (κ2) is 8.17. The quantitative estimate of drug-likeness (QED) is 0.563. The van der Waals surface area contributed by atoms with Gasteiger partial charge in [0.1, 0.15) is 23.8 Å². The van der Waals surface area contributed by atoms with Crippen LogP contribution in [0.2, 0.25) is 0 Å². The van der Waals surface area contributed by atoms with Gasteiger partial charge in [-0.15, -0.1) is 0 Å². The van der Waals surface area contributed by atoms with E-state index in [-0.39, 0.29) is 18.0 Å². The molecule has 2 heterocycles. The number of hydrogen-bond donors (Lipinski definition) is 0. The summed E-state index contributed by atoms with van der Waals surface area (Å²) in [7, 11) is 1.67. The minimum atomic E-state index is -0.276. The molecule has 2 unspecified atom stereocenters. The molecule has 0 aliphatic carbocycles. The number of rotatable bonds is 5. The van der Waals surface area contributed by atoms with Gasteiger partial charge in [0.05, 0.1) is 7.11 Å². The smallest absolute Gasteiger partial charge is 0.128 e. The van der Waals surface area contributed by atoms with Crippen molar-refractivity contribution in [1.82, 2.24) is 4.90 Å². The Balaban J connectivity index is 1.89. The molecule has 2 aliphatic rings. The fraction of sp³-hybridized carbons (Fsp3) is 0.385. The van der Waals surface area contributed by atoms with E-state index in [1.807, 2.05) is 24.4 Å². The molecule has 0 aromatic heterocycles. The number of methoxy groups -OCH3 is 1. The highest BCUT2D eigenvalue weighted by atomic mass is 19.1. The summed E-state index contributed by atoms with van der Waals surface area (Å²) in [6, 6.07) is 14.5. The molecule has 4 rings (SSSR count). The molecular formula is C26H31FN2O. The summed E-state index contributed by atoms with van der Waals surface area (Å²) in [5.74, 6) is 1.50. The molecule has 4 heteroatoms. The van der Waals surface area contributed by atoms with Crippen molar-refractivity contribution in [1.29, 1.82) is 0 Å². The summed E-state index contributed by atoms with van der Waals surface area (Å²) < 4.78 is 20.2. The van der Waals surface area contributed by atoms with E-state index in [4.69, 9.17) is 4.74 Å². The Hall–Kier alpha value is -2.75. The molecule has 0 bridgehead atoms. The third-order valence-electron chi connectivity index (χ3n) is 6.18. The molecule has 2 atom stereocenters. The van der Waals surface area contributed by atoms with Crippen LogP contribution in [-0.4, -0.2) is 24.6 Å². The topological polar surface area (TPSA) is 15.7 Å². The number of ether oxygens (including phenoxy) is 1. The van der Waals surface area contributed by atoms with Crippen molar-refractivity contribution in [2.75, 3.05) is 18.6 Å². The molecule has 3 nitrogen and oxygen atoms in total. The predicted octanol–water partition coefficient (Wildman–Crippen LogP) is 6.51. The van der Waals surface area contributed by atoms with Crippen LogP contribution in [0.1, 0.15) is 62.4 Å². The Labute approximate surface area is 179 Å². The Kier molecular flexibility index (Phi) is 5.59. The van der Waals surface area contributed by atoms with E-state index in [0.29, 0.717) is 18.4 Å². The van der Waals surface area contributed by atoms with Crippen molar-refractivity contribution in [3.63, 3.8) is 0 Å². The van der Waals surface area contributed by atoms with Gasteiger partial charge < -0.3 is 14.5 Å². The minimum absolute atomic E-state index is 0.0750. The van der Waals surface area contributed by atoms with Crippen LogP contribution >= 0.6 is 0 Å². The average molecular weight is 407 g/mol. The molecular weight excluding hydrogens is 375 g/mol. The average Bonchev–Trinajstić information content (AvgIpc) is 3.13. The van der Waals surface area contributed by atoms with Gasteiger partial charge in [0.15, 0.2) is 0 Å². The van der Waals surface area contributed by atoms with E-state index in [0.717, 1.165) is 11.3 Å². The van der Waals surface area contributed by atoms with Crippen LogP contribution in [0.15, 0.2) is 66.6 Å². The van der Waals surface area contributed by atoms with Gasteiger partial charge in [0, 0.05) is 18.4 Å². The van der Waals surface area contributed by atoms with Gasteiger partial charge in [-0.2, -0.15) is 0 Å². The van der Waals surface area contributed by atoms with E-state index in [1.54, 1.807) is 13.2 Å². The standard InChI is InChI=1S/C26H31FN2O/c1-17(2)21-8-6-9-22(18(3)4)25(21)29-16-24-23(27)10-7-15-28(24)26(29)19-11-13-20(30-5)14-12-19/h6-15,17-18,24,26H,16H2,1-5H3. The van der Waals surface area contributed by atoms with E-state index < -0.39 is 0 Å². The summed E-state index contributed by atoms with van der Waals surface area (Å²) in [5.41, 5.74) is 5.01. The lowest BCUT2D eigenvalue weighted by molar-refractivity contribution is 0.277. The highest BCUT2D eigenvalue weighted by molar-refractivity contribution is 5.64. The molecule has 1 fully saturated rings. The minimum Gasteiger partial charge on any atom is -0.497 e. The van der Waals surface area contributed by atoms with Crippen molar-refractivity contribution in [2.45, 2.75) is 51.7 Å². The van der Waals surface area contributed by atoms with E-state index in [2.05, 4.69) is 67.8 Å². The van der Waals surface area contributed by atoms with Crippen molar-refractivity contribution in [3.05, 3.63) is 83.3 Å². The zero-order valence-corrected chi connectivity index (χ0v) is 18.5. The molecule has 2 aromatic carbocycles. The Bertz CT molecular complexity index is 935. The zero-order valence-electron chi connectivity index (χ0n) is 18.5. The summed E-state index contributed by atoms with van der Waals surface area (Å²) >= 11 is 0. The van der Waals surface area contributed by atoms with Crippen molar-refractivity contribution < 1.29 is 9.13 Å². The molecule has 158 valence electrons. The van der Waals surface area contributed by atoms with Gasteiger partial charge in [0.25, 0.3) is 0 Å². The number of fused-ring (bicyclic) bond motifs is 1. The van der Waals surface area contributed by atoms with Gasteiger partial charge >= 0.3 is 0 Å². The molecule has 0 N–H and O–H groups in total. The Morgan fingerprint density at radius 2 is 1.60 bits per heavy atom. The third-order valence-corrected chi connectivity index (χ3v) is 6.18. The number of benzene rings is 2. The van der Waals surface area contributed by atoms with E-state index in [9.17, 15) is 4.39 Å². The monoisotopic (exact) mass is 406 g/mol. The summed E-state index contributed by atoms with van der Waals surface area (Å²) in [6.07, 6.45) is 5.35. The Morgan fingerprint density at radius 1 is 0.967 bits per heavy atom. The maximum Gasteiger partial charge on any atom is 0.128 e. The number of anilines is 1. The van der Waals surface area contributed by atoms with Gasteiger partial charge in [-0.05, 0) is 52.8 Å². The molecule has 0 amide bonds. The molecule has 0 spiro atoms. The van der Waals surface area contributed by atoms with Crippen LogP contribution in [-0.2, 0) is 0 Å². The third kappa shape index (κ3) is 3.49. The first-order valence-corrected chi connectivity index (χ1v) is 10.8. The summed E-state index contributed by atoms with van der Waals surface area (Å²) in [4.78, 5) is 4.55. The van der Waals surface area contributed by atoms with Crippen LogP contribution in [0, 0.1) is 0 Å². The number of hydrogen-bond acceptors (Lipinski definition) is 3. The first-order chi connectivity index (χ1) is 14.4. The van der Waals surface area contributed by atoms with Crippen LogP contribution in [0.4, 0.5) is 10.1 Å². The van der Waals surface area contributed by atoms with E-state index in [1.165, 1.54) is 16.8 Å². The Morgan fingerprint density at radius 3 is 2.17 bits per heavy atom. The highest BCUT2D eigenvalue weighted by Gasteiger charge is 2.43. The van der Waals surface area contributed by atoms with Crippen molar-refractivity contribution in [3.8, 4) is 5.75 Å². The predicted molar refractivity (Wildman–Crippen MR) is 122 cm³/mol. The molecule has 2 aromatic rings. The van der Waals surface area contributed by atoms with Crippen LogP contribution < -0.4 is 9.64 Å². The fourth-order valence-electron chi connectivity index (χ4n) is 4.66. The van der Waals surface area contributed by atoms with Gasteiger partial charge in [-0.25, -0.2) is 4.39 Å². The first-order valence-electron chi connectivity index (χ1n) is 10.8. The number of nitrogens with zero attached hydrogens (tertiary/aromatic N) is 2. The number of allylic oxidation sites excluding steroid dienone is 2. The van der Waals surface area contributed by atoms with Crippen LogP contribution in [0.25, 0.3) is 0 Å². The molecule has 0 saturated carbocycles. The SMILES string of the molecule is COc1ccc(C2N(c3c(C(C)C)cccc3C(C)C)CC3C(F)=CC=CN32)cc1. The second-order valence-corrected chi connectivity index (χ2v) is 8.75. The first kappa shape index (κ1) is 20.5. The molecule has 1 saturated heterocycles. The van der Waals surface area contributed by atoms with Gasteiger partial charge in [-0.1, -0.05) is 58.0 Å². The summed E-state index contributed by atoms with van der Waals surface area (Å²) in [6.45, 7) is 9.54. The summed E-state index contributed by atoms with van der Waals surface area (Å²) in [5, 5.41) is 0. The van der Waals surface area contributed by atoms with Gasteiger partial charge in [0.2, 0.25) is 0 Å². The highest BCUT2D eigenvalue weighted by Crippen LogP contribution is 2.46. The number of para-hydroxylation sites is 1. The normalized spacial score (nSPS) is 20.7. The largest absolute Gasteiger partial charge is 0.497 e. The maximum atomic E-state index is 14.9. The van der Waals surface area contributed by atoms with Crippen LogP contribution in [0.3, 0.4) is 0 Å². The van der Waals surface area contributed by atoms with Crippen molar-refractivity contribution in [2.24, 2.45) is 0 Å². The molecule has 0 radical (unpaired) electrons. The maximum absolute atomic E-state index is 14.9. The van der Waals surface area contributed by atoms with Crippen molar-refractivity contribution >= 4 is 5.69 Å². The fourth-order valence-corrected chi connectivity index (χ4v) is 4.66. The zero-order chi connectivity index (χ0) is 21.4.